The molecule has 4 N–H and O–H groups in total. The molecule has 2 atom stereocenters. The number of halogens is 1. The molecule has 0 bridgehead atoms. The summed E-state index contributed by atoms with van der Waals surface area (Å²) in [4.78, 5) is 19.2. The number of nitrogens with one attached hydrogen (secondary N) is 2. The third kappa shape index (κ3) is 4.91. The van der Waals surface area contributed by atoms with Gasteiger partial charge in [0.25, 0.3) is 0 Å². The van der Waals surface area contributed by atoms with E-state index in [-0.39, 0.29) is 11.5 Å². The van der Waals surface area contributed by atoms with Gasteiger partial charge < -0.3 is 16.4 Å². The first kappa shape index (κ1) is 24.2. The third-order valence-corrected chi connectivity index (χ3v) is 8.03. The molecule has 1 aliphatic heterocycles. The van der Waals surface area contributed by atoms with Gasteiger partial charge in [0.05, 0.1) is 23.4 Å². The van der Waals surface area contributed by atoms with Gasteiger partial charge >= 0.3 is 0 Å². The number of anilines is 2. The van der Waals surface area contributed by atoms with Crippen molar-refractivity contribution in [2.45, 2.75) is 45.1 Å². The predicted octanol–water partition coefficient (Wildman–Crippen LogP) is 6.00. The lowest BCUT2D eigenvalue weighted by Gasteiger charge is -2.42. The molecule has 1 aliphatic carbocycles. The first-order valence-electron chi connectivity index (χ1n) is 13.0. The van der Waals surface area contributed by atoms with E-state index in [0.29, 0.717) is 28.5 Å². The molecule has 6 rings (SSSR count). The molecular formula is C29H32ClN7. The largest absolute Gasteiger partial charge is 0.340 e. The summed E-state index contributed by atoms with van der Waals surface area (Å²) in [6, 6.07) is 11.3. The van der Waals surface area contributed by atoms with Crippen molar-refractivity contribution in [3.05, 3.63) is 71.3 Å². The molecule has 1 saturated carbocycles. The van der Waals surface area contributed by atoms with E-state index in [1.807, 2.05) is 48.8 Å². The summed E-state index contributed by atoms with van der Waals surface area (Å²) in [5.41, 5.74) is 12.0. The van der Waals surface area contributed by atoms with Crippen molar-refractivity contribution in [3.8, 4) is 11.4 Å². The number of nitrogens with zero attached hydrogens (tertiary/aromatic N) is 4. The molecule has 37 heavy (non-hydrogen) atoms. The second kappa shape index (κ2) is 9.63. The third-order valence-electron chi connectivity index (χ3n) is 7.78. The number of hydrogen-bond acceptors (Lipinski definition) is 7. The summed E-state index contributed by atoms with van der Waals surface area (Å²) >= 11 is 6.04. The highest BCUT2D eigenvalue weighted by Gasteiger charge is 2.39. The van der Waals surface area contributed by atoms with Crippen molar-refractivity contribution >= 4 is 34.0 Å². The lowest BCUT2D eigenvalue weighted by molar-refractivity contribution is 0.128. The van der Waals surface area contributed by atoms with Gasteiger partial charge in [0.2, 0.25) is 0 Å². The van der Waals surface area contributed by atoms with Gasteiger partial charge in [-0.05, 0) is 85.0 Å². The lowest BCUT2D eigenvalue weighted by Crippen LogP contribution is -2.47. The molecule has 2 fully saturated rings. The van der Waals surface area contributed by atoms with Gasteiger partial charge in [0.1, 0.15) is 5.82 Å². The van der Waals surface area contributed by atoms with E-state index in [9.17, 15) is 0 Å². The summed E-state index contributed by atoms with van der Waals surface area (Å²) in [5, 5.41) is 8.66. The Hall–Kier alpha value is -3.13. The Morgan fingerprint density at radius 1 is 1.08 bits per heavy atom. The topological polar surface area (TPSA) is 102 Å². The van der Waals surface area contributed by atoms with Gasteiger partial charge in [-0.3, -0.25) is 4.98 Å². The molecular weight excluding hydrogens is 482 g/mol. The fourth-order valence-corrected chi connectivity index (χ4v) is 5.70. The van der Waals surface area contributed by atoms with Crippen LogP contribution >= 0.6 is 11.6 Å². The minimum Gasteiger partial charge on any atom is -0.340 e. The van der Waals surface area contributed by atoms with Crippen LogP contribution in [0.4, 0.5) is 11.5 Å². The second-order valence-electron chi connectivity index (χ2n) is 11.0. The first-order valence-corrected chi connectivity index (χ1v) is 13.4. The number of benzene rings is 1. The Balaban J connectivity index is 1.44. The summed E-state index contributed by atoms with van der Waals surface area (Å²) in [7, 11) is 0. The smallest absolute Gasteiger partial charge is 0.160 e. The van der Waals surface area contributed by atoms with Gasteiger partial charge in [-0.1, -0.05) is 25.4 Å². The van der Waals surface area contributed by atoms with Crippen LogP contribution in [0.5, 0.6) is 0 Å². The second-order valence-corrected chi connectivity index (χ2v) is 11.4. The molecule has 190 valence electrons. The van der Waals surface area contributed by atoms with Gasteiger partial charge in [0, 0.05) is 40.6 Å². The van der Waals surface area contributed by atoms with Gasteiger partial charge in [-0.15, -0.1) is 0 Å². The number of piperidine rings is 1. The maximum atomic E-state index is 7.12. The molecule has 1 saturated heterocycles. The molecule has 0 amide bonds. The number of pyridine rings is 2. The van der Waals surface area contributed by atoms with Crippen LogP contribution in [0.2, 0.25) is 5.02 Å². The zero-order valence-corrected chi connectivity index (χ0v) is 22.0. The van der Waals surface area contributed by atoms with Crippen LogP contribution in [0.15, 0.2) is 55.0 Å². The average molecular weight is 514 g/mol. The number of nitrogens with two attached hydrogens (primary N) is 1. The fourth-order valence-electron chi connectivity index (χ4n) is 5.58. The Morgan fingerprint density at radius 2 is 1.89 bits per heavy atom. The molecule has 0 radical (unpaired) electrons. The van der Waals surface area contributed by atoms with E-state index < -0.39 is 0 Å². The van der Waals surface area contributed by atoms with E-state index in [1.165, 1.54) is 18.4 Å². The summed E-state index contributed by atoms with van der Waals surface area (Å²) < 4.78 is 0. The van der Waals surface area contributed by atoms with Crippen molar-refractivity contribution < 1.29 is 0 Å². The monoisotopic (exact) mass is 513 g/mol. The van der Waals surface area contributed by atoms with E-state index in [1.54, 1.807) is 6.20 Å². The number of rotatable bonds is 6. The quantitative estimate of drug-likeness (QED) is 0.290. The average Bonchev–Trinajstić information content (AvgIpc) is 3.74. The fraction of sp³-hybridized carbons (Fsp3) is 0.379. The van der Waals surface area contributed by atoms with Crippen LogP contribution in [0.1, 0.15) is 56.3 Å². The van der Waals surface area contributed by atoms with Gasteiger partial charge in [-0.2, -0.15) is 0 Å². The maximum Gasteiger partial charge on any atom is 0.160 e. The Morgan fingerprint density at radius 3 is 2.65 bits per heavy atom. The Bertz CT molecular complexity index is 1430. The first-order chi connectivity index (χ1) is 17.9. The highest BCUT2D eigenvalue weighted by molar-refractivity contribution is 6.30. The molecule has 3 aromatic heterocycles. The van der Waals surface area contributed by atoms with Crippen LogP contribution in [-0.2, 0) is 0 Å². The van der Waals surface area contributed by atoms with E-state index in [2.05, 4.69) is 34.4 Å². The van der Waals surface area contributed by atoms with Gasteiger partial charge in [-0.25, -0.2) is 15.0 Å². The number of hydrogen-bond donors (Lipinski definition) is 3. The SMILES string of the molecule is CC1(C)CNCCC1C(N)c1nc(-c2ccnc(Nc3ccc(Cl)cc3)c2)nc2cncc(C3CC3)c12. The van der Waals surface area contributed by atoms with Crippen molar-refractivity contribution in [2.75, 3.05) is 18.4 Å². The highest BCUT2D eigenvalue weighted by atomic mass is 35.5. The van der Waals surface area contributed by atoms with Crippen LogP contribution < -0.4 is 16.4 Å². The molecule has 1 aromatic carbocycles. The molecule has 2 aliphatic rings. The minimum atomic E-state index is -0.199. The summed E-state index contributed by atoms with van der Waals surface area (Å²) in [6.45, 7) is 6.52. The van der Waals surface area contributed by atoms with Crippen molar-refractivity contribution in [1.29, 1.82) is 0 Å². The van der Waals surface area contributed by atoms with Crippen LogP contribution in [0, 0.1) is 11.3 Å². The molecule has 4 heterocycles. The lowest BCUT2D eigenvalue weighted by atomic mass is 9.70. The van der Waals surface area contributed by atoms with Crippen LogP contribution in [-0.4, -0.2) is 33.0 Å². The Labute approximate surface area is 222 Å². The molecule has 7 nitrogen and oxygen atoms in total. The molecule has 0 spiro atoms. The van der Waals surface area contributed by atoms with Crippen molar-refractivity contribution in [3.63, 3.8) is 0 Å². The maximum absolute atomic E-state index is 7.12. The zero-order chi connectivity index (χ0) is 25.6. The molecule has 2 unspecified atom stereocenters. The standard InChI is InChI=1S/C29H32ClN7/c1-29(2)16-32-11-10-22(29)26(31)27-25-21(17-3-4-17)14-33-15-23(25)36-28(37-27)18-9-12-34-24(13-18)35-20-7-5-19(30)6-8-20/h5-9,12-15,17,22,26,32H,3-4,10-11,16,31H2,1-2H3,(H,34,35). The zero-order valence-electron chi connectivity index (χ0n) is 21.2. The summed E-state index contributed by atoms with van der Waals surface area (Å²) in [6.07, 6.45) is 9.00. The number of aromatic nitrogens is 4. The van der Waals surface area contributed by atoms with E-state index in [4.69, 9.17) is 27.3 Å². The molecule has 4 aromatic rings. The van der Waals surface area contributed by atoms with E-state index >= 15 is 0 Å². The minimum absolute atomic E-state index is 0.0637. The predicted molar refractivity (Wildman–Crippen MR) is 149 cm³/mol. The summed E-state index contributed by atoms with van der Waals surface area (Å²) in [5.74, 6) is 2.17. The Kier molecular flexibility index (Phi) is 6.31. The van der Waals surface area contributed by atoms with E-state index in [0.717, 1.165) is 47.4 Å². The van der Waals surface area contributed by atoms with Crippen molar-refractivity contribution in [1.82, 2.24) is 25.3 Å². The van der Waals surface area contributed by atoms with Crippen LogP contribution in [0.25, 0.3) is 22.3 Å². The van der Waals surface area contributed by atoms with Gasteiger partial charge in [0.15, 0.2) is 5.82 Å². The normalized spacial score (nSPS) is 20.1. The van der Waals surface area contributed by atoms with Crippen LogP contribution in [0.3, 0.4) is 0 Å². The molecule has 8 heteroatoms. The highest BCUT2D eigenvalue weighted by Crippen LogP contribution is 2.46. The number of fused-ring (bicyclic) bond motifs is 1. The van der Waals surface area contributed by atoms with Crippen molar-refractivity contribution in [2.24, 2.45) is 17.1 Å².